The Kier molecular flexibility index (Phi) is 15.6. The topological polar surface area (TPSA) is 23.5 Å². The molecule has 78 valence electrons. The van der Waals surface area contributed by atoms with Crippen molar-refractivity contribution in [3.05, 3.63) is 0 Å². The van der Waals surface area contributed by atoms with E-state index in [0.717, 1.165) is 12.8 Å². The summed E-state index contributed by atoms with van der Waals surface area (Å²) in [7, 11) is 0. The summed E-state index contributed by atoms with van der Waals surface area (Å²) in [5.74, 6) is 0. The molecular formula is C10H25Li2NO. The van der Waals surface area contributed by atoms with E-state index in [-0.39, 0.29) is 43.9 Å². The van der Waals surface area contributed by atoms with E-state index < -0.39 is 0 Å². The van der Waals surface area contributed by atoms with Gasteiger partial charge < -0.3 is 5.11 Å². The van der Waals surface area contributed by atoms with Gasteiger partial charge in [0.25, 0.3) is 0 Å². The predicted molar refractivity (Wildman–Crippen MR) is 67.3 cm³/mol. The fraction of sp³-hybridized carbons (Fsp3) is 1.00. The Morgan fingerprint density at radius 2 is 1.36 bits per heavy atom. The second-order valence-corrected chi connectivity index (χ2v) is 3.90. The van der Waals surface area contributed by atoms with Gasteiger partial charge in [-0.05, 0) is 34.1 Å². The van der Waals surface area contributed by atoms with E-state index in [1.54, 1.807) is 0 Å². The van der Waals surface area contributed by atoms with Crippen molar-refractivity contribution in [3.8, 4) is 0 Å². The Balaban J connectivity index is -0.000000605. The molecule has 0 saturated carbocycles. The van der Waals surface area contributed by atoms with E-state index in [4.69, 9.17) is 0 Å². The molecule has 1 N–H and O–H groups in total. The zero-order valence-corrected chi connectivity index (χ0v) is 9.04. The van der Waals surface area contributed by atoms with E-state index in [0.29, 0.717) is 12.1 Å². The van der Waals surface area contributed by atoms with Crippen LogP contribution >= 0.6 is 0 Å². The second kappa shape index (κ2) is 10.6. The molecular weight excluding hydrogens is 164 g/mol. The molecule has 0 amide bonds. The van der Waals surface area contributed by atoms with Gasteiger partial charge in [-0.15, -0.1) is 0 Å². The summed E-state index contributed by atoms with van der Waals surface area (Å²) in [5.41, 5.74) is 0. The van der Waals surface area contributed by atoms with E-state index in [1.165, 1.54) is 0 Å². The van der Waals surface area contributed by atoms with E-state index in [1.807, 2.05) is 0 Å². The molecule has 0 fully saturated rings. The summed E-state index contributed by atoms with van der Waals surface area (Å²) in [6, 6.07) is 0.845. The average Bonchev–Trinajstić information content (AvgIpc) is 1.85. The Labute approximate surface area is 113 Å². The summed E-state index contributed by atoms with van der Waals surface area (Å²) in [6.07, 6.45) is 1.64. The van der Waals surface area contributed by atoms with Crippen molar-refractivity contribution in [2.45, 2.75) is 65.8 Å². The Morgan fingerprint density at radius 1 is 1.00 bits per heavy atom. The van der Waals surface area contributed by atoms with Gasteiger partial charge in [-0.2, -0.15) is 0 Å². The standard InChI is InChI=1S/C10H23NO.2Li.2H/c1-6-7-10(12)11(8(2)3)9(4)5;;;;/h8-10,12H,6-7H2,1-5H3;;;;. The van der Waals surface area contributed by atoms with Crippen molar-refractivity contribution in [1.82, 2.24) is 4.90 Å². The minimum absolute atomic E-state index is 0. The minimum atomic E-state index is -0.269. The summed E-state index contributed by atoms with van der Waals surface area (Å²) < 4.78 is 0. The average molecular weight is 189 g/mol. The fourth-order valence-electron chi connectivity index (χ4n) is 1.69. The molecule has 0 heterocycles. The molecule has 1 atom stereocenters. The molecule has 0 aromatic rings. The van der Waals surface area contributed by atoms with E-state index in [2.05, 4.69) is 39.5 Å². The summed E-state index contributed by atoms with van der Waals surface area (Å²) in [4.78, 5) is 2.14. The van der Waals surface area contributed by atoms with Crippen molar-refractivity contribution in [2.24, 2.45) is 0 Å². The van der Waals surface area contributed by atoms with Crippen LogP contribution in [0, 0.1) is 0 Å². The van der Waals surface area contributed by atoms with Crippen molar-refractivity contribution in [1.29, 1.82) is 0 Å². The van der Waals surface area contributed by atoms with Crippen LogP contribution in [0.15, 0.2) is 0 Å². The molecule has 0 spiro atoms. The first kappa shape index (κ1) is 20.5. The van der Waals surface area contributed by atoms with Crippen LogP contribution < -0.4 is 0 Å². The van der Waals surface area contributed by atoms with Gasteiger partial charge in [-0.3, -0.25) is 4.90 Å². The molecule has 0 aliphatic carbocycles. The van der Waals surface area contributed by atoms with E-state index in [9.17, 15) is 5.11 Å². The molecule has 4 heteroatoms. The van der Waals surface area contributed by atoms with Crippen molar-refractivity contribution < 1.29 is 5.11 Å². The van der Waals surface area contributed by atoms with Crippen molar-refractivity contribution >= 4 is 37.7 Å². The van der Waals surface area contributed by atoms with Gasteiger partial charge in [-0.25, -0.2) is 0 Å². The van der Waals surface area contributed by atoms with Crippen LogP contribution in [0.4, 0.5) is 0 Å². The first-order chi connectivity index (χ1) is 5.50. The number of hydrogen-bond acceptors (Lipinski definition) is 2. The Bertz CT molecular complexity index is 113. The number of rotatable bonds is 5. The van der Waals surface area contributed by atoms with Crippen LogP contribution in [0.25, 0.3) is 0 Å². The zero-order valence-electron chi connectivity index (χ0n) is 9.04. The molecule has 0 aromatic carbocycles. The molecule has 0 saturated heterocycles. The monoisotopic (exact) mass is 189 g/mol. The third-order valence-electron chi connectivity index (χ3n) is 2.08. The normalized spacial score (nSPS) is 12.6. The molecule has 0 bridgehead atoms. The molecule has 0 aliphatic heterocycles. The van der Waals surface area contributed by atoms with Gasteiger partial charge in [0.2, 0.25) is 0 Å². The van der Waals surface area contributed by atoms with Gasteiger partial charge in [-0.1, -0.05) is 13.3 Å². The van der Waals surface area contributed by atoms with Crippen LogP contribution in [0.5, 0.6) is 0 Å². The summed E-state index contributed by atoms with van der Waals surface area (Å²) in [6.45, 7) is 10.6. The zero-order chi connectivity index (χ0) is 9.72. The first-order valence-corrected chi connectivity index (χ1v) is 4.96. The van der Waals surface area contributed by atoms with Gasteiger partial charge >= 0.3 is 37.7 Å². The van der Waals surface area contributed by atoms with Crippen molar-refractivity contribution in [2.75, 3.05) is 0 Å². The molecule has 1 unspecified atom stereocenters. The second-order valence-electron chi connectivity index (χ2n) is 3.90. The van der Waals surface area contributed by atoms with Crippen LogP contribution in [0.3, 0.4) is 0 Å². The van der Waals surface area contributed by atoms with Crippen LogP contribution in [0.1, 0.15) is 47.5 Å². The molecule has 2 nitrogen and oxygen atoms in total. The van der Waals surface area contributed by atoms with Gasteiger partial charge in [0.05, 0.1) is 0 Å². The summed E-state index contributed by atoms with van der Waals surface area (Å²) in [5, 5.41) is 9.78. The third kappa shape index (κ3) is 7.41. The third-order valence-corrected chi connectivity index (χ3v) is 2.08. The first-order valence-electron chi connectivity index (χ1n) is 4.96. The molecule has 14 heavy (non-hydrogen) atoms. The molecule has 0 radical (unpaired) electrons. The number of aliphatic hydroxyl groups excluding tert-OH is 1. The Hall–Kier alpha value is 1.11. The number of aliphatic hydroxyl groups is 1. The number of hydrogen-bond donors (Lipinski definition) is 1. The molecule has 0 rings (SSSR count). The SMILES string of the molecule is CCCC(O)N(C(C)C)C(C)C.[LiH].[LiH]. The van der Waals surface area contributed by atoms with Crippen LogP contribution in [-0.4, -0.2) is 66.0 Å². The molecule has 0 aliphatic rings. The maximum absolute atomic E-state index is 9.78. The van der Waals surface area contributed by atoms with Gasteiger partial charge in [0.1, 0.15) is 6.23 Å². The van der Waals surface area contributed by atoms with Crippen LogP contribution in [-0.2, 0) is 0 Å². The van der Waals surface area contributed by atoms with Crippen LogP contribution in [0.2, 0.25) is 0 Å². The number of nitrogens with zero attached hydrogens (tertiary/aromatic N) is 1. The molecule has 0 aromatic heterocycles. The maximum atomic E-state index is 9.78. The van der Waals surface area contributed by atoms with Gasteiger partial charge in [0, 0.05) is 12.1 Å². The van der Waals surface area contributed by atoms with E-state index >= 15 is 0 Å². The van der Waals surface area contributed by atoms with Crippen molar-refractivity contribution in [3.63, 3.8) is 0 Å². The quantitative estimate of drug-likeness (QED) is 0.513. The Morgan fingerprint density at radius 3 is 1.57 bits per heavy atom. The fourth-order valence-corrected chi connectivity index (χ4v) is 1.69. The van der Waals surface area contributed by atoms with Gasteiger partial charge in [0.15, 0.2) is 0 Å². The summed E-state index contributed by atoms with van der Waals surface area (Å²) >= 11 is 0. The predicted octanol–water partition coefficient (Wildman–Crippen LogP) is 0.927.